The molecule has 0 bridgehead atoms. The Kier molecular flexibility index (Phi) is 13.2. The molecule has 5 nitrogen and oxygen atoms in total. The van der Waals surface area contributed by atoms with Crippen LogP contribution in [0.2, 0.25) is 0 Å². The summed E-state index contributed by atoms with van der Waals surface area (Å²) >= 11 is 1.80. The zero-order valence-electron chi connectivity index (χ0n) is 23.7. The van der Waals surface area contributed by atoms with Gasteiger partial charge in [0.25, 0.3) is 0 Å². The van der Waals surface area contributed by atoms with E-state index in [-0.39, 0.29) is 0 Å². The number of unbranched alkanes of at least 4 members (excludes halogenated alkanes) is 1. The van der Waals surface area contributed by atoms with Crippen molar-refractivity contribution in [3.05, 3.63) is 83.1 Å². The third-order valence-electron chi connectivity index (χ3n) is 6.08. The van der Waals surface area contributed by atoms with Gasteiger partial charge < -0.3 is 14.3 Å². The van der Waals surface area contributed by atoms with Gasteiger partial charge in [-0.15, -0.1) is 11.8 Å². The van der Waals surface area contributed by atoms with Gasteiger partial charge in [-0.05, 0) is 68.7 Å². The maximum Gasteiger partial charge on any atom is 0.348 e. The summed E-state index contributed by atoms with van der Waals surface area (Å²) in [6, 6.07) is 19.1. The van der Waals surface area contributed by atoms with Gasteiger partial charge >= 0.3 is 5.97 Å². The Morgan fingerprint density at radius 2 is 1.68 bits per heavy atom. The third-order valence-corrected chi connectivity index (χ3v) is 7.46. The molecule has 4 rings (SSSR count). The molecule has 2 aromatic carbocycles. The van der Waals surface area contributed by atoms with E-state index < -0.39 is 11.6 Å². The lowest BCUT2D eigenvalue weighted by molar-refractivity contribution is -0.153. The number of carboxylic acid groups (broad SMARTS) is 1. The van der Waals surface area contributed by atoms with Crippen molar-refractivity contribution in [2.75, 3.05) is 0 Å². The third kappa shape index (κ3) is 9.09. The van der Waals surface area contributed by atoms with Crippen LogP contribution in [-0.2, 0) is 11.2 Å². The average molecular weight is 538 g/mol. The monoisotopic (exact) mass is 537 g/mol. The van der Waals surface area contributed by atoms with E-state index in [1.54, 1.807) is 30.8 Å². The molecule has 2 atom stereocenters. The first-order chi connectivity index (χ1) is 18.4. The van der Waals surface area contributed by atoms with Crippen LogP contribution in [0.1, 0.15) is 78.2 Å². The van der Waals surface area contributed by atoms with Gasteiger partial charge in [0, 0.05) is 17.2 Å². The van der Waals surface area contributed by atoms with E-state index in [1.165, 1.54) is 0 Å². The summed E-state index contributed by atoms with van der Waals surface area (Å²) < 4.78 is 11.8. The van der Waals surface area contributed by atoms with Crippen molar-refractivity contribution < 1.29 is 19.1 Å². The smallest absolute Gasteiger partial charge is 0.348 e. The molecule has 0 aliphatic carbocycles. The van der Waals surface area contributed by atoms with Crippen LogP contribution in [0.4, 0.5) is 0 Å². The number of hydrogen-bond acceptors (Lipinski definition) is 5. The SMILES string of the molecule is CC.CC.Cc1oc(-c2ccccc2)nc1CCCCC1CC=C(CC(C)(Oc2ccccc2)C(=O)O)S1. The molecule has 6 heteroatoms. The molecule has 1 N–H and O–H groups in total. The fourth-order valence-electron chi connectivity index (χ4n) is 4.13. The van der Waals surface area contributed by atoms with Crippen molar-refractivity contribution in [3.63, 3.8) is 0 Å². The highest BCUT2D eigenvalue weighted by atomic mass is 32.2. The predicted molar refractivity (Wildman–Crippen MR) is 159 cm³/mol. The van der Waals surface area contributed by atoms with Crippen molar-refractivity contribution >= 4 is 17.7 Å². The molecular formula is C32H43NO4S. The average Bonchev–Trinajstić information content (AvgIpc) is 3.55. The number of para-hydroxylation sites is 1. The number of ether oxygens (including phenoxy) is 1. The van der Waals surface area contributed by atoms with Crippen LogP contribution < -0.4 is 4.74 Å². The molecule has 0 spiro atoms. The molecular weight excluding hydrogens is 494 g/mol. The maximum atomic E-state index is 12.0. The van der Waals surface area contributed by atoms with Crippen LogP contribution in [0.25, 0.3) is 11.5 Å². The van der Waals surface area contributed by atoms with Crippen molar-refractivity contribution in [3.8, 4) is 17.2 Å². The largest absolute Gasteiger partial charge is 0.478 e. The predicted octanol–water partition coefficient (Wildman–Crippen LogP) is 9.12. The number of oxazole rings is 1. The number of rotatable bonds is 11. The van der Waals surface area contributed by atoms with Gasteiger partial charge in [0.15, 0.2) is 0 Å². The van der Waals surface area contributed by atoms with Gasteiger partial charge in [0.2, 0.25) is 11.5 Å². The van der Waals surface area contributed by atoms with Gasteiger partial charge in [0.05, 0.1) is 5.69 Å². The molecule has 2 heterocycles. The summed E-state index contributed by atoms with van der Waals surface area (Å²) in [6.07, 6.45) is 7.68. The van der Waals surface area contributed by atoms with Gasteiger partial charge in [-0.2, -0.15) is 0 Å². The Morgan fingerprint density at radius 1 is 1.05 bits per heavy atom. The molecule has 1 aliphatic heterocycles. The fourth-order valence-corrected chi connectivity index (χ4v) is 5.59. The van der Waals surface area contributed by atoms with Gasteiger partial charge in [0.1, 0.15) is 11.5 Å². The molecule has 0 radical (unpaired) electrons. The Balaban J connectivity index is 0.00000121. The van der Waals surface area contributed by atoms with Crippen molar-refractivity contribution in [1.82, 2.24) is 4.98 Å². The number of thioether (sulfide) groups is 1. The number of carbonyl (C=O) groups is 1. The summed E-state index contributed by atoms with van der Waals surface area (Å²) in [6.45, 7) is 11.6. The van der Waals surface area contributed by atoms with E-state index in [9.17, 15) is 9.90 Å². The van der Waals surface area contributed by atoms with Crippen LogP contribution >= 0.6 is 11.8 Å². The number of aliphatic carboxylic acids is 1. The van der Waals surface area contributed by atoms with Crippen LogP contribution in [-0.4, -0.2) is 26.9 Å². The second-order valence-electron chi connectivity index (χ2n) is 8.91. The van der Waals surface area contributed by atoms with Crippen LogP contribution in [0.3, 0.4) is 0 Å². The molecule has 2 unspecified atom stereocenters. The molecule has 206 valence electrons. The van der Waals surface area contributed by atoms with E-state index in [1.807, 2.05) is 83.1 Å². The number of benzene rings is 2. The molecule has 0 amide bonds. The van der Waals surface area contributed by atoms with Crippen molar-refractivity contribution in [1.29, 1.82) is 0 Å². The van der Waals surface area contributed by atoms with Gasteiger partial charge in [-0.1, -0.05) is 76.6 Å². The van der Waals surface area contributed by atoms with E-state index in [0.29, 0.717) is 23.3 Å². The summed E-state index contributed by atoms with van der Waals surface area (Å²) in [5.74, 6) is 1.21. The van der Waals surface area contributed by atoms with E-state index >= 15 is 0 Å². The lowest BCUT2D eigenvalue weighted by atomic mass is 10.0. The van der Waals surface area contributed by atoms with Gasteiger partial charge in [-0.3, -0.25) is 0 Å². The highest BCUT2D eigenvalue weighted by Gasteiger charge is 2.38. The van der Waals surface area contributed by atoms with Crippen molar-refractivity contribution in [2.24, 2.45) is 0 Å². The van der Waals surface area contributed by atoms with Crippen LogP contribution in [0, 0.1) is 6.92 Å². The molecule has 0 saturated carbocycles. The Bertz CT molecular complexity index is 1130. The van der Waals surface area contributed by atoms with Crippen LogP contribution in [0.15, 0.2) is 76.1 Å². The zero-order chi connectivity index (χ0) is 28.0. The van der Waals surface area contributed by atoms with Crippen molar-refractivity contribution in [2.45, 2.75) is 90.9 Å². The van der Waals surface area contributed by atoms with Gasteiger partial charge in [-0.25, -0.2) is 9.78 Å². The normalized spacial score (nSPS) is 15.7. The Labute approximate surface area is 232 Å². The number of nitrogens with zero attached hydrogens (tertiary/aromatic N) is 1. The minimum absolute atomic E-state index is 0.374. The highest BCUT2D eigenvalue weighted by Crippen LogP contribution is 2.40. The lowest BCUT2D eigenvalue weighted by Crippen LogP contribution is -2.41. The first-order valence-electron chi connectivity index (χ1n) is 13.8. The van der Waals surface area contributed by atoms with Crippen LogP contribution in [0.5, 0.6) is 5.75 Å². The number of carboxylic acids is 1. The summed E-state index contributed by atoms with van der Waals surface area (Å²) in [5.41, 5.74) is 0.755. The maximum absolute atomic E-state index is 12.0. The minimum Gasteiger partial charge on any atom is -0.478 e. The standard InChI is InChI=1S/C28H31NO4S.2C2H6/c1-20-25(29-26(32-20)21-11-5-3-6-12-21)16-10-9-15-23-17-18-24(34-23)19-28(2,27(30)31)33-22-13-7-4-8-14-22;2*1-2/h3-8,11-14,18,23H,9-10,15-17,19H2,1-2H3,(H,30,31);2*1-2H3. The second kappa shape index (κ2) is 16.1. The number of aryl methyl sites for hydroxylation is 2. The minimum atomic E-state index is -1.28. The van der Waals surface area contributed by atoms with E-state index in [2.05, 4.69) is 6.08 Å². The summed E-state index contributed by atoms with van der Waals surface area (Å²) in [7, 11) is 0. The Morgan fingerprint density at radius 3 is 2.32 bits per heavy atom. The second-order valence-corrected chi connectivity index (χ2v) is 10.3. The molecule has 1 aliphatic rings. The lowest BCUT2D eigenvalue weighted by Gasteiger charge is -2.27. The molecule has 0 fully saturated rings. The Hall–Kier alpha value is -2.99. The summed E-state index contributed by atoms with van der Waals surface area (Å²) in [5, 5.41) is 10.3. The first-order valence-corrected chi connectivity index (χ1v) is 14.7. The number of allylic oxidation sites excluding steroid dienone is 1. The first kappa shape index (κ1) is 31.2. The number of hydrogen-bond donors (Lipinski definition) is 1. The molecule has 3 aromatic rings. The zero-order valence-corrected chi connectivity index (χ0v) is 24.5. The summed E-state index contributed by atoms with van der Waals surface area (Å²) in [4.78, 5) is 17.8. The molecule has 1 aromatic heterocycles. The van der Waals surface area contributed by atoms with E-state index in [4.69, 9.17) is 14.1 Å². The highest BCUT2D eigenvalue weighted by molar-refractivity contribution is 8.03. The molecule has 38 heavy (non-hydrogen) atoms. The molecule has 0 saturated heterocycles. The van der Waals surface area contributed by atoms with E-state index in [0.717, 1.165) is 54.0 Å². The number of aromatic nitrogens is 1. The fraction of sp³-hybridized carbons (Fsp3) is 0.438. The topological polar surface area (TPSA) is 72.6 Å². The quantitative estimate of drug-likeness (QED) is 0.246.